The number of nitrogens with one attached hydrogen (secondary N) is 1. The number of anilines is 2. The predicted molar refractivity (Wildman–Crippen MR) is 102 cm³/mol. The molecule has 3 aliphatic rings. The smallest absolute Gasteiger partial charge is 0.238 e. The van der Waals surface area contributed by atoms with Crippen LogP contribution in [0.3, 0.4) is 0 Å². The van der Waals surface area contributed by atoms with E-state index in [1.54, 1.807) is 0 Å². The van der Waals surface area contributed by atoms with E-state index in [9.17, 15) is 4.79 Å². The molecule has 2 unspecified atom stereocenters. The van der Waals surface area contributed by atoms with E-state index < -0.39 is 0 Å². The zero-order valence-corrected chi connectivity index (χ0v) is 15.6. The molecule has 6 heteroatoms. The Morgan fingerprint density at radius 3 is 2.46 bits per heavy atom. The van der Waals surface area contributed by atoms with Gasteiger partial charge in [-0.25, -0.2) is 9.97 Å². The maximum Gasteiger partial charge on any atom is 0.238 e. The van der Waals surface area contributed by atoms with Crippen LogP contribution < -0.4 is 10.2 Å². The summed E-state index contributed by atoms with van der Waals surface area (Å²) in [6, 6.07) is 10.8. The summed E-state index contributed by atoms with van der Waals surface area (Å²) in [5, 5.41) is 3.00. The Bertz CT molecular complexity index is 787. The molecule has 0 saturated carbocycles. The number of nitrogens with zero attached hydrogens (tertiary/aromatic N) is 4. The van der Waals surface area contributed by atoms with Gasteiger partial charge >= 0.3 is 0 Å². The molecule has 1 amide bonds. The second kappa shape index (κ2) is 6.68. The Labute approximate surface area is 154 Å². The Morgan fingerprint density at radius 1 is 1.12 bits per heavy atom. The van der Waals surface area contributed by atoms with Gasteiger partial charge in [0.05, 0.1) is 6.54 Å². The molecule has 2 atom stereocenters. The molecule has 2 aromatic rings. The molecule has 1 aromatic heterocycles. The van der Waals surface area contributed by atoms with Crippen LogP contribution in [0.2, 0.25) is 0 Å². The molecular weight excluding hydrogens is 326 g/mol. The number of hydrogen-bond acceptors (Lipinski definition) is 5. The van der Waals surface area contributed by atoms with Gasteiger partial charge in [0.15, 0.2) is 0 Å². The number of benzene rings is 1. The molecule has 1 aromatic carbocycles. The van der Waals surface area contributed by atoms with E-state index in [1.165, 1.54) is 5.56 Å². The number of carbonyl (C=O) groups excluding carboxylic acids is 1. The van der Waals surface area contributed by atoms with Crippen molar-refractivity contribution in [2.75, 3.05) is 29.9 Å². The van der Waals surface area contributed by atoms with Gasteiger partial charge in [0.25, 0.3) is 0 Å². The molecule has 3 saturated heterocycles. The van der Waals surface area contributed by atoms with Gasteiger partial charge < -0.3 is 10.2 Å². The third-order valence-electron chi connectivity index (χ3n) is 5.28. The number of carbonyl (C=O) groups is 1. The van der Waals surface area contributed by atoms with Gasteiger partial charge in [-0.3, -0.25) is 9.69 Å². The molecule has 3 aliphatic heterocycles. The maximum absolute atomic E-state index is 12.4. The summed E-state index contributed by atoms with van der Waals surface area (Å²) in [6.07, 6.45) is 1.16. The lowest BCUT2D eigenvalue weighted by Crippen LogP contribution is -2.69. The van der Waals surface area contributed by atoms with Crippen LogP contribution in [0.25, 0.3) is 0 Å². The molecule has 5 rings (SSSR count). The largest absolute Gasteiger partial charge is 0.353 e. The highest BCUT2D eigenvalue weighted by Gasteiger charge is 2.45. The van der Waals surface area contributed by atoms with Crippen molar-refractivity contribution in [3.8, 4) is 0 Å². The molecule has 0 spiro atoms. The minimum absolute atomic E-state index is 0.0609. The van der Waals surface area contributed by atoms with Crippen LogP contribution in [-0.2, 0) is 4.79 Å². The predicted octanol–water partition coefficient (Wildman–Crippen LogP) is 2.30. The van der Waals surface area contributed by atoms with Crippen LogP contribution in [0.4, 0.5) is 11.5 Å². The van der Waals surface area contributed by atoms with Crippen molar-refractivity contribution in [3.63, 3.8) is 0 Å². The summed E-state index contributed by atoms with van der Waals surface area (Å²) in [7, 11) is 0. The lowest BCUT2D eigenvalue weighted by atomic mass is 9.87. The average Bonchev–Trinajstić information content (AvgIpc) is 2.61. The van der Waals surface area contributed by atoms with Gasteiger partial charge in [0.2, 0.25) is 5.91 Å². The van der Waals surface area contributed by atoms with Gasteiger partial charge in [-0.1, -0.05) is 17.7 Å². The van der Waals surface area contributed by atoms with Crippen molar-refractivity contribution in [2.45, 2.75) is 39.3 Å². The van der Waals surface area contributed by atoms with Gasteiger partial charge in [-0.2, -0.15) is 0 Å². The average molecular weight is 351 g/mol. The molecule has 6 nitrogen and oxygen atoms in total. The Hall–Kier alpha value is -2.47. The summed E-state index contributed by atoms with van der Waals surface area (Å²) in [6.45, 7) is 8.28. The van der Waals surface area contributed by atoms with E-state index in [4.69, 9.17) is 0 Å². The molecule has 136 valence electrons. The zero-order chi connectivity index (χ0) is 18.3. The Kier molecular flexibility index (Phi) is 4.36. The number of fused-ring (bicyclic) bond motifs is 2. The molecule has 0 aliphatic carbocycles. The summed E-state index contributed by atoms with van der Waals surface area (Å²) in [5.74, 6) is 1.88. The first kappa shape index (κ1) is 17.0. The second-order valence-corrected chi connectivity index (χ2v) is 7.45. The fourth-order valence-corrected chi connectivity index (χ4v) is 4.00. The minimum atomic E-state index is 0.0609. The quantitative estimate of drug-likeness (QED) is 0.916. The summed E-state index contributed by atoms with van der Waals surface area (Å²) in [4.78, 5) is 26.0. The van der Waals surface area contributed by atoms with Crippen LogP contribution >= 0.6 is 0 Å². The van der Waals surface area contributed by atoms with E-state index >= 15 is 0 Å². The number of hydrogen-bond donors (Lipinski definition) is 1. The van der Waals surface area contributed by atoms with Crippen LogP contribution in [-0.4, -0.2) is 52.5 Å². The molecule has 2 bridgehead atoms. The summed E-state index contributed by atoms with van der Waals surface area (Å²) >= 11 is 0. The van der Waals surface area contributed by atoms with Crippen molar-refractivity contribution in [3.05, 3.63) is 47.4 Å². The monoisotopic (exact) mass is 351 g/mol. The van der Waals surface area contributed by atoms with E-state index in [-0.39, 0.29) is 5.91 Å². The molecule has 26 heavy (non-hydrogen) atoms. The number of aromatic nitrogens is 2. The first-order valence-electron chi connectivity index (χ1n) is 9.17. The molecular formula is C20H25N5O. The van der Waals surface area contributed by atoms with Crippen molar-refractivity contribution in [2.24, 2.45) is 0 Å². The lowest BCUT2D eigenvalue weighted by Gasteiger charge is -2.56. The zero-order valence-electron chi connectivity index (χ0n) is 15.6. The van der Waals surface area contributed by atoms with E-state index in [0.717, 1.165) is 42.5 Å². The van der Waals surface area contributed by atoms with Crippen molar-refractivity contribution in [1.82, 2.24) is 14.9 Å². The van der Waals surface area contributed by atoms with Crippen LogP contribution in [0.5, 0.6) is 0 Å². The number of aryl methyl sites for hydroxylation is 3. The topological polar surface area (TPSA) is 61.4 Å². The SMILES string of the molecule is Cc1ccc(NC(=O)CN2C3CC2CN(c2cc(C)nc(C)n2)C3)cc1. The molecule has 1 N–H and O–H groups in total. The summed E-state index contributed by atoms with van der Waals surface area (Å²) in [5.41, 5.74) is 3.05. The van der Waals surface area contributed by atoms with Crippen molar-refractivity contribution in [1.29, 1.82) is 0 Å². The third-order valence-corrected chi connectivity index (χ3v) is 5.28. The van der Waals surface area contributed by atoms with Crippen LogP contribution in [0.15, 0.2) is 30.3 Å². The first-order chi connectivity index (χ1) is 12.5. The van der Waals surface area contributed by atoms with Crippen LogP contribution in [0, 0.1) is 20.8 Å². The minimum Gasteiger partial charge on any atom is -0.353 e. The standard InChI is InChI=1S/C20H25N5O/c1-13-4-6-16(7-5-13)23-20(26)12-25-17-9-18(25)11-24(10-17)19-8-14(2)21-15(3)22-19/h4-8,17-18H,9-12H2,1-3H3,(H,23,26). The van der Waals surface area contributed by atoms with Gasteiger partial charge in [0, 0.05) is 42.6 Å². The highest BCUT2D eigenvalue weighted by Crippen LogP contribution is 2.34. The lowest BCUT2D eigenvalue weighted by molar-refractivity contribution is -0.121. The second-order valence-electron chi connectivity index (χ2n) is 7.45. The number of piperazine rings is 1. The highest BCUT2D eigenvalue weighted by atomic mass is 16.2. The van der Waals surface area contributed by atoms with Gasteiger partial charge in [0.1, 0.15) is 11.6 Å². The van der Waals surface area contributed by atoms with E-state index in [1.807, 2.05) is 51.1 Å². The normalized spacial score (nSPS) is 22.0. The number of piperidine rings is 1. The highest BCUT2D eigenvalue weighted by molar-refractivity contribution is 5.92. The molecule has 4 heterocycles. The third kappa shape index (κ3) is 3.42. The van der Waals surface area contributed by atoms with E-state index in [2.05, 4.69) is 25.1 Å². The maximum atomic E-state index is 12.4. The van der Waals surface area contributed by atoms with Crippen LogP contribution in [0.1, 0.15) is 23.5 Å². The Balaban J connectivity index is 1.35. The Morgan fingerprint density at radius 2 is 1.81 bits per heavy atom. The number of amides is 1. The fourth-order valence-electron chi connectivity index (χ4n) is 4.00. The number of rotatable bonds is 4. The molecule has 3 fully saturated rings. The fraction of sp³-hybridized carbons (Fsp3) is 0.450. The van der Waals surface area contributed by atoms with E-state index in [0.29, 0.717) is 18.6 Å². The van der Waals surface area contributed by atoms with Gasteiger partial charge in [-0.05, 0) is 39.3 Å². The summed E-state index contributed by atoms with van der Waals surface area (Å²) < 4.78 is 0. The van der Waals surface area contributed by atoms with Crippen molar-refractivity contribution >= 4 is 17.4 Å². The van der Waals surface area contributed by atoms with Gasteiger partial charge in [-0.15, -0.1) is 0 Å². The first-order valence-corrected chi connectivity index (χ1v) is 9.17. The molecule has 0 radical (unpaired) electrons. The van der Waals surface area contributed by atoms with Crippen molar-refractivity contribution < 1.29 is 4.79 Å².